The maximum Gasteiger partial charge on any atom is 0.150 e. The third-order valence-electron chi connectivity index (χ3n) is 1.92. The Labute approximate surface area is 82.6 Å². The molecule has 0 aliphatic heterocycles. The zero-order chi connectivity index (χ0) is 9.84. The summed E-state index contributed by atoms with van der Waals surface area (Å²) in [5.41, 5.74) is 1.98. The van der Waals surface area contributed by atoms with Crippen LogP contribution in [0.1, 0.15) is 28.4 Å². The van der Waals surface area contributed by atoms with Crippen molar-refractivity contribution in [2.75, 3.05) is 0 Å². The van der Waals surface area contributed by atoms with Crippen LogP contribution in [0.3, 0.4) is 0 Å². The average molecular weight is 191 g/mol. The average Bonchev–Trinajstić information content (AvgIpc) is 2.17. The maximum atomic E-state index is 10.6. The molecule has 1 aromatic rings. The molecule has 0 N–H and O–H groups in total. The molecule has 13 heavy (non-hydrogen) atoms. The number of hydrogen-bond acceptors (Lipinski definition) is 3. The van der Waals surface area contributed by atoms with Gasteiger partial charge in [-0.25, -0.2) is 0 Å². The molecule has 0 saturated heterocycles. The molecular weight excluding hydrogens is 182 g/mol. The summed E-state index contributed by atoms with van der Waals surface area (Å²) in [5, 5.41) is 8.71. The topological polar surface area (TPSA) is 40.9 Å². The first-order chi connectivity index (χ1) is 6.24. The Balaban J connectivity index is 3.42. The number of thiol groups is 1. The Bertz CT molecular complexity index is 379. The van der Waals surface area contributed by atoms with Gasteiger partial charge in [0.15, 0.2) is 0 Å². The van der Waals surface area contributed by atoms with Gasteiger partial charge in [-0.1, -0.05) is 13.0 Å². The molecule has 0 radical (unpaired) electrons. The summed E-state index contributed by atoms with van der Waals surface area (Å²) < 4.78 is 0. The number of aldehydes is 1. The molecule has 0 spiro atoms. The number of carbonyl (C=O) groups is 1. The van der Waals surface area contributed by atoms with Gasteiger partial charge >= 0.3 is 0 Å². The van der Waals surface area contributed by atoms with Gasteiger partial charge in [0.1, 0.15) is 12.4 Å². The first-order valence-corrected chi connectivity index (χ1v) is 4.39. The van der Waals surface area contributed by atoms with Crippen molar-refractivity contribution in [2.24, 2.45) is 0 Å². The maximum absolute atomic E-state index is 10.6. The van der Waals surface area contributed by atoms with Crippen LogP contribution in [0.5, 0.6) is 0 Å². The van der Waals surface area contributed by atoms with E-state index in [9.17, 15) is 4.79 Å². The van der Waals surface area contributed by atoms with Crippen LogP contribution in [0.15, 0.2) is 17.0 Å². The predicted octanol–water partition coefficient (Wildman–Crippen LogP) is 2.22. The SMILES string of the molecule is CCc1c(C=O)ccc(C#N)c1S. The lowest BCUT2D eigenvalue weighted by Crippen LogP contribution is -1.94. The quantitative estimate of drug-likeness (QED) is 0.575. The summed E-state index contributed by atoms with van der Waals surface area (Å²) in [7, 11) is 0. The zero-order valence-corrected chi connectivity index (χ0v) is 8.14. The molecule has 0 atom stereocenters. The van der Waals surface area contributed by atoms with Crippen LogP contribution in [0.2, 0.25) is 0 Å². The molecule has 0 heterocycles. The van der Waals surface area contributed by atoms with E-state index >= 15 is 0 Å². The summed E-state index contributed by atoms with van der Waals surface area (Å²) >= 11 is 4.21. The van der Waals surface area contributed by atoms with Gasteiger partial charge in [-0.3, -0.25) is 4.79 Å². The van der Waals surface area contributed by atoms with Gasteiger partial charge in [-0.05, 0) is 18.1 Å². The molecule has 0 amide bonds. The van der Waals surface area contributed by atoms with Gasteiger partial charge in [0.05, 0.1) is 5.56 Å². The van der Waals surface area contributed by atoms with E-state index in [-0.39, 0.29) is 0 Å². The minimum absolute atomic E-state index is 0.519. The Morgan fingerprint density at radius 1 is 1.62 bits per heavy atom. The number of carbonyl (C=O) groups excluding carboxylic acids is 1. The second-order valence-electron chi connectivity index (χ2n) is 2.61. The van der Waals surface area contributed by atoms with Crippen LogP contribution in [0.25, 0.3) is 0 Å². The fraction of sp³-hybridized carbons (Fsp3) is 0.200. The highest BCUT2D eigenvalue weighted by Gasteiger charge is 2.07. The highest BCUT2D eigenvalue weighted by molar-refractivity contribution is 7.80. The monoisotopic (exact) mass is 191 g/mol. The summed E-state index contributed by atoms with van der Waals surface area (Å²) in [6, 6.07) is 5.30. The molecule has 1 rings (SSSR count). The van der Waals surface area contributed by atoms with E-state index in [1.165, 1.54) is 0 Å². The number of hydrogen-bond donors (Lipinski definition) is 1. The largest absolute Gasteiger partial charge is 0.298 e. The van der Waals surface area contributed by atoms with Crippen molar-refractivity contribution < 1.29 is 4.79 Å². The number of nitrogens with zero attached hydrogens (tertiary/aromatic N) is 1. The molecule has 0 aliphatic carbocycles. The van der Waals surface area contributed by atoms with Crippen LogP contribution in [0.4, 0.5) is 0 Å². The predicted molar refractivity (Wildman–Crippen MR) is 53.2 cm³/mol. The number of nitriles is 1. The van der Waals surface area contributed by atoms with E-state index in [1.54, 1.807) is 12.1 Å². The van der Waals surface area contributed by atoms with E-state index in [0.29, 0.717) is 22.4 Å². The Morgan fingerprint density at radius 3 is 2.77 bits per heavy atom. The van der Waals surface area contributed by atoms with Crippen LogP contribution >= 0.6 is 12.6 Å². The lowest BCUT2D eigenvalue weighted by atomic mass is 10.0. The first kappa shape index (κ1) is 9.82. The zero-order valence-electron chi connectivity index (χ0n) is 7.24. The summed E-state index contributed by atoms with van der Waals surface area (Å²) in [5.74, 6) is 0. The molecule has 66 valence electrons. The summed E-state index contributed by atoms with van der Waals surface area (Å²) in [6.07, 6.45) is 1.50. The third-order valence-corrected chi connectivity index (χ3v) is 2.43. The van der Waals surface area contributed by atoms with Gasteiger partial charge in [0, 0.05) is 10.5 Å². The van der Waals surface area contributed by atoms with Crippen molar-refractivity contribution >= 4 is 18.9 Å². The standard InChI is InChI=1S/C10H9NOS/c1-2-9-8(6-12)4-3-7(5-11)10(9)13/h3-4,6,13H,2H2,1H3. The van der Waals surface area contributed by atoms with Gasteiger partial charge in [-0.15, -0.1) is 12.6 Å². The minimum Gasteiger partial charge on any atom is -0.298 e. The van der Waals surface area contributed by atoms with E-state index in [0.717, 1.165) is 11.8 Å². The molecule has 1 aromatic carbocycles. The highest BCUT2D eigenvalue weighted by atomic mass is 32.1. The summed E-state index contributed by atoms with van der Waals surface area (Å²) in [4.78, 5) is 11.2. The van der Waals surface area contributed by atoms with Crippen molar-refractivity contribution in [3.63, 3.8) is 0 Å². The molecule has 0 unspecified atom stereocenters. The number of benzene rings is 1. The molecule has 3 heteroatoms. The second kappa shape index (κ2) is 4.11. The molecular formula is C10H9NOS. The van der Waals surface area contributed by atoms with Crippen LogP contribution in [0, 0.1) is 11.3 Å². The minimum atomic E-state index is 0.519. The van der Waals surface area contributed by atoms with Crippen LogP contribution in [-0.4, -0.2) is 6.29 Å². The fourth-order valence-electron chi connectivity index (χ4n) is 1.22. The van der Waals surface area contributed by atoms with Gasteiger partial charge in [-0.2, -0.15) is 5.26 Å². The molecule has 0 bridgehead atoms. The first-order valence-electron chi connectivity index (χ1n) is 3.94. The third kappa shape index (κ3) is 1.73. The van der Waals surface area contributed by atoms with E-state index in [1.807, 2.05) is 13.0 Å². The Hall–Kier alpha value is -1.27. The van der Waals surface area contributed by atoms with Gasteiger partial charge in [0.2, 0.25) is 0 Å². The van der Waals surface area contributed by atoms with Gasteiger partial charge < -0.3 is 0 Å². The van der Waals surface area contributed by atoms with E-state index < -0.39 is 0 Å². The van der Waals surface area contributed by atoms with Crippen molar-refractivity contribution in [1.82, 2.24) is 0 Å². The van der Waals surface area contributed by atoms with Crippen LogP contribution in [-0.2, 0) is 6.42 Å². The normalized spacial score (nSPS) is 9.31. The van der Waals surface area contributed by atoms with Crippen LogP contribution < -0.4 is 0 Å². The van der Waals surface area contributed by atoms with Gasteiger partial charge in [0.25, 0.3) is 0 Å². The van der Waals surface area contributed by atoms with E-state index in [4.69, 9.17) is 5.26 Å². The second-order valence-corrected chi connectivity index (χ2v) is 3.06. The lowest BCUT2D eigenvalue weighted by molar-refractivity contribution is 0.112. The van der Waals surface area contributed by atoms with Crippen molar-refractivity contribution in [1.29, 1.82) is 5.26 Å². The molecule has 0 aromatic heterocycles. The number of rotatable bonds is 2. The Morgan fingerprint density at radius 2 is 2.31 bits per heavy atom. The van der Waals surface area contributed by atoms with Crippen molar-refractivity contribution in [3.05, 3.63) is 28.8 Å². The molecule has 0 fully saturated rings. The lowest BCUT2D eigenvalue weighted by Gasteiger charge is -2.06. The summed E-state index contributed by atoms with van der Waals surface area (Å²) in [6.45, 7) is 1.93. The van der Waals surface area contributed by atoms with Crippen molar-refractivity contribution in [2.45, 2.75) is 18.2 Å². The highest BCUT2D eigenvalue weighted by Crippen LogP contribution is 2.22. The Kier molecular flexibility index (Phi) is 3.10. The molecule has 2 nitrogen and oxygen atoms in total. The smallest absolute Gasteiger partial charge is 0.150 e. The fourth-order valence-corrected chi connectivity index (χ4v) is 1.64. The van der Waals surface area contributed by atoms with E-state index in [2.05, 4.69) is 12.6 Å². The molecule has 0 aliphatic rings. The van der Waals surface area contributed by atoms with Crippen molar-refractivity contribution in [3.8, 4) is 6.07 Å². The molecule has 0 saturated carbocycles.